The van der Waals surface area contributed by atoms with Crippen LogP contribution >= 0.6 is 0 Å². The van der Waals surface area contributed by atoms with Crippen LogP contribution in [0.3, 0.4) is 0 Å². The third-order valence-corrected chi connectivity index (χ3v) is 5.82. The summed E-state index contributed by atoms with van der Waals surface area (Å²) in [5.74, 6) is 1.01. The van der Waals surface area contributed by atoms with Gasteiger partial charge in [0.05, 0.1) is 22.8 Å². The number of amides is 2. The van der Waals surface area contributed by atoms with Gasteiger partial charge in [0.1, 0.15) is 5.76 Å². The lowest BCUT2D eigenvalue weighted by molar-refractivity contribution is -0.116. The van der Waals surface area contributed by atoms with Crippen LogP contribution < -0.4 is 5.32 Å². The van der Waals surface area contributed by atoms with Crippen LogP contribution in [0.25, 0.3) is 5.69 Å². The highest BCUT2D eigenvalue weighted by Gasteiger charge is 2.24. The van der Waals surface area contributed by atoms with Crippen molar-refractivity contribution < 1.29 is 14.0 Å². The van der Waals surface area contributed by atoms with E-state index in [0.717, 1.165) is 41.6 Å². The number of nitrogens with zero attached hydrogens (tertiary/aromatic N) is 4. The second-order valence-electron chi connectivity index (χ2n) is 8.14. The van der Waals surface area contributed by atoms with Gasteiger partial charge in [-0.2, -0.15) is 5.10 Å². The van der Waals surface area contributed by atoms with Crippen LogP contribution in [0.15, 0.2) is 46.9 Å². The normalized spacial score (nSPS) is 14.5. The van der Waals surface area contributed by atoms with E-state index in [1.165, 1.54) is 0 Å². The first-order chi connectivity index (χ1) is 15.4. The number of anilines is 1. The predicted molar refractivity (Wildman–Crippen MR) is 122 cm³/mol. The zero-order chi connectivity index (χ0) is 22.7. The Labute approximate surface area is 187 Å². The molecule has 2 aromatic heterocycles. The maximum absolute atomic E-state index is 12.6. The van der Waals surface area contributed by atoms with E-state index in [2.05, 4.69) is 15.3 Å². The molecule has 4 rings (SSSR count). The van der Waals surface area contributed by atoms with Crippen molar-refractivity contribution in [3.05, 3.63) is 65.4 Å². The molecule has 0 aliphatic carbocycles. The standard InChI is InChI=1S/C24H29N5O3/c1-17-9-10-21(32-17)24(31)28-15-13-27(14-16-28)12-11-22(30)25-23-18(2)26-29(19(23)3)20-7-5-4-6-8-20/h4-10H,11-16H2,1-3H3,(H,25,30). The largest absolute Gasteiger partial charge is 0.456 e. The van der Waals surface area contributed by atoms with E-state index in [1.54, 1.807) is 17.0 Å². The Hall–Kier alpha value is -3.39. The van der Waals surface area contributed by atoms with Gasteiger partial charge in [0.25, 0.3) is 5.91 Å². The Morgan fingerprint density at radius 3 is 2.38 bits per heavy atom. The summed E-state index contributed by atoms with van der Waals surface area (Å²) >= 11 is 0. The van der Waals surface area contributed by atoms with Crippen molar-refractivity contribution in [2.75, 3.05) is 38.0 Å². The van der Waals surface area contributed by atoms with Crippen LogP contribution in [0.2, 0.25) is 0 Å². The number of nitrogens with one attached hydrogen (secondary N) is 1. The number of hydrogen-bond acceptors (Lipinski definition) is 5. The van der Waals surface area contributed by atoms with Gasteiger partial charge in [0, 0.05) is 39.1 Å². The van der Waals surface area contributed by atoms with Gasteiger partial charge in [-0.15, -0.1) is 0 Å². The van der Waals surface area contributed by atoms with Gasteiger partial charge in [0.2, 0.25) is 5.91 Å². The van der Waals surface area contributed by atoms with Crippen molar-refractivity contribution in [2.24, 2.45) is 0 Å². The van der Waals surface area contributed by atoms with E-state index in [-0.39, 0.29) is 11.8 Å². The molecule has 0 bridgehead atoms. The van der Waals surface area contributed by atoms with Crippen LogP contribution in [0.4, 0.5) is 5.69 Å². The van der Waals surface area contributed by atoms with Crippen LogP contribution in [0, 0.1) is 20.8 Å². The van der Waals surface area contributed by atoms with Crippen molar-refractivity contribution in [1.29, 1.82) is 0 Å². The van der Waals surface area contributed by atoms with Gasteiger partial charge in [-0.25, -0.2) is 4.68 Å². The van der Waals surface area contributed by atoms with E-state index in [0.29, 0.717) is 31.8 Å². The van der Waals surface area contributed by atoms with Gasteiger partial charge < -0.3 is 14.6 Å². The molecule has 3 aromatic rings. The Morgan fingerprint density at radius 1 is 1.00 bits per heavy atom. The van der Waals surface area contributed by atoms with Crippen molar-refractivity contribution in [3.63, 3.8) is 0 Å². The highest BCUT2D eigenvalue weighted by Crippen LogP contribution is 2.23. The second-order valence-corrected chi connectivity index (χ2v) is 8.14. The monoisotopic (exact) mass is 435 g/mol. The number of rotatable bonds is 6. The van der Waals surface area contributed by atoms with Crippen molar-refractivity contribution >= 4 is 17.5 Å². The molecule has 0 radical (unpaired) electrons. The Kier molecular flexibility index (Phi) is 6.41. The molecule has 8 nitrogen and oxygen atoms in total. The number of carbonyl (C=O) groups excluding carboxylic acids is 2. The molecule has 0 saturated carbocycles. The summed E-state index contributed by atoms with van der Waals surface area (Å²) in [7, 11) is 0. The highest BCUT2D eigenvalue weighted by molar-refractivity contribution is 5.92. The van der Waals surface area contributed by atoms with Crippen LogP contribution in [-0.4, -0.2) is 64.1 Å². The van der Waals surface area contributed by atoms with Crippen molar-refractivity contribution in [3.8, 4) is 5.69 Å². The summed E-state index contributed by atoms with van der Waals surface area (Å²) < 4.78 is 7.29. The molecule has 8 heteroatoms. The molecule has 32 heavy (non-hydrogen) atoms. The summed E-state index contributed by atoms with van der Waals surface area (Å²) in [6, 6.07) is 13.4. The number of hydrogen-bond donors (Lipinski definition) is 1. The average molecular weight is 436 g/mol. The molecule has 0 unspecified atom stereocenters. The van der Waals surface area contributed by atoms with E-state index in [9.17, 15) is 9.59 Å². The summed E-state index contributed by atoms with van der Waals surface area (Å²) in [6.45, 7) is 9.07. The minimum atomic E-state index is -0.0723. The Morgan fingerprint density at radius 2 is 1.72 bits per heavy atom. The lowest BCUT2D eigenvalue weighted by Gasteiger charge is -2.34. The Balaban J connectivity index is 1.27. The molecule has 2 amide bonds. The maximum atomic E-state index is 12.6. The molecule has 3 heterocycles. The molecule has 0 spiro atoms. The summed E-state index contributed by atoms with van der Waals surface area (Å²) in [4.78, 5) is 29.1. The first-order valence-electron chi connectivity index (χ1n) is 10.9. The fourth-order valence-electron chi connectivity index (χ4n) is 3.99. The summed E-state index contributed by atoms with van der Waals surface area (Å²) in [5.41, 5.74) is 3.43. The molecule has 1 aromatic carbocycles. The van der Waals surface area contributed by atoms with E-state index in [4.69, 9.17) is 4.42 Å². The molecule has 0 atom stereocenters. The quantitative estimate of drug-likeness (QED) is 0.643. The fourth-order valence-corrected chi connectivity index (χ4v) is 3.99. The topological polar surface area (TPSA) is 83.6 Å². The fraction of sp³-hybridized carbons (Fsp3) is 0.375. The lowest BCUT2D eigenvalue weighted by atomic mass is 10.2. The molecule has 1 fully saturated rings. The third kappa shape index (κ3) is 4.75. The number of benzene rings is 1. The SMILES string of the molecule is Cc1ccc(C(=O)N2CCN(CCC(=O)Nc3c(C)nn(-c4ccccc4)c3C)CC2)o1. The molecular formula is C24H29N5O3. The molecule has 1 saturated heterocycles. The number of aromatic nitrogens is 2. The zero-order valence-electron chi connectivity index (χ0n) is 18.8. The number of furan rings is 1. The maximum Gasteiger partial charge on any atom is 0.289 e. The number of para-hydroxylation sites is 1. The van der Waals surface area contributed by atoms with E-state index < -0.39 is 0 Å². The minimum absolute atomic E-state index is 0.0339. The molecule has 168 valence electrons. The average Bonchev–Trinajstić information content (AvgIpc) is 3.36. The molecular weight excluding hydrogens is 406 g/mol. The molecule has 1 N–H and O–H groups in total. The number of piperazine rings is 1. The van der Waals surface area contributed by atoms with E-state index >= 15 is 0 Å². The second kappa shape index (κ2) is 9.40. The smallest absolute Gasteiger partial charge is 0.289 e. The predicted octanol–water partition coefficient (Wildman–Crippen LogP) is 3.18. The minimum Gasteiger partial charge on any atom is -0.456 e. The summed E-state index contributed by atoms with van der Waals surface area (Å²) in [6.07, 6.45) is 0.390. The third-order valence-electron chi connectivity index (χ3n) is 5.82. The van der Waals surface area contributed by atoms with Crippen LogP contribution in [0.1, 0.15) is 34.1 Å². The summed E-state index contributed by atoms with van der Waals surface area (Å²) in [5, 5.41) is 7.61. The first-order valence-corrected chi connectivity index (χ1v) is 10.9. The molecule has 1 aliphatic heterocycles. The van der Waals surface area contributed by atoms with Gasteiger partial charge in [-0.1, -0.05) is 18.2 Å². The van der Waals surface area contributed by atoms with Gasteiger partial charge in [0.15, 0.2) is 5.76 Å². The van der Waals surface area contributed by atoms with Crippen molar-refractivity contribution in [1.82, 2.24) is 19.6 Å². The zero-order valence-corrected chi connectivity index (χ0v) is 18.8. The first kappa shape index (κ1) is 21.8. The van der Waals surface area contributed by atoms with Gasteiger partial charge in [-0.3, -0.25) is 14.5 Å². The number of aryl methyl sites for hydroxylation is 2. The van der Waals surface area contributed by atoms with Crippen LogP contribution in [-0.2, 0) is 4.79 Å². The number of carbonyl (C=O) groups is 2. The van der Waals surface area contributed by atoms with Crippen molar-refractivity contribution in [2.45, 2.75) is 27.2 Å². The van der Waals surface area contributed by atoms with Gasteiger partial charge >= 0.3 is 0 Å². The lowest BCUT2D eigenvalue weighted by Crippen LogP contribution is -2.49. The van der Waals surface area contributed by atoms with E-state index in [1.807, 2.05) is 55.8 Å². The highest BCUT2D eigenvalue weighted by atomic mass is 16.3. The molecule has 1 aliphatic rings. The van der Waals surface area contributed by atoms with Gasteiger partial charge in [-0.05, 0) is 45.0 Å². The Bertz CT molecular complexity index is 1090. The van der Waals surface area contributed by atoms with Crippen LogP contribution in [0.5, 0.6) is 0 Å².